The van der Waals surface area contributed by atoms with Crippen LogP contribution in [0.1, 0.15) is 23.9 Å². The molecule has 154 valence electrons. The Bertz CT molecular complexity index is 1180. The van der Waals surface area contributed by atoms with Crippen LogP contribution in [0.25, 0.3) is 11.8 Å². The molecule has 1 N–H and O–H groups in total. The summed E-state index contributed by atoms with van der Waals surface area (Å²) in [6.07, 6.45) is 1.69. The van der Waals surface area contributed by atoms with Crippen LogP contribution in [-0.4, -0.2) is 36.6 Å². The molecule has 0 atom stereocenters. The van der Waals surface area contributed by atoms with Gasteiger partial charge in [-0.3, -0.25) is 10.2 Å². The maximum atomic E-state index is 12.6. The fraction of sp³-hybridized carbons (Fsp3) is 0.200. The smallest absolute Gasteiger partial charge is 0.283 e. The van der Waals surface area contributed by atoms with Crippen molar-refractivity contribution in [1.82, 2.24) is 9.58 Å². The Morgan fingerprint density at radius 3 is 2.77 bits per heavy atom. The number of amides is 1. The van der Waals surface area contributed by atoms with Crippen LogP contribution in [-0.2, 0) is 4.79 Å². The van der Waals surface area contributed by atoms with E-state index in [0.29, 0.717) is 15.2 Å². The van der Waals surface area contributed by atoms with Crippen LogP contribution in [0.15, 0.2) is 39.9 Å². The van der Waals surface area contributed by atoms with Crippen LogP contribution in [0, 0.1) is 19.3 Å². The number of halogens is 2. The predicted octanol–water partition coefficient (Wildman–Crippen LogP) is 5.73. The van der Waals surface area contributed by atoms with Gasteiger partial charge >= 0.3 is 0 Å². The van der Waals surface area contributed by atoms with Gasteiger partial charge in [0, 0.05) is 16.4 Å². The van der Waals surface area contributed by atoms with Crippen LogP contribution >= 0.6 is 46.7 Å². The summed E-state index contributed by atoms with van der Waals surface area (Å²) in [5, 5.41) is 15.9. The van der Waals surface area contributed by atoms with Crippen molar-refractivity contribution in [1.29, 1.82) is 5.41 Å². The summed E-state index contributed by atoms with van der Waals surface area (Å²) < 4.78 is 2.76. The van der Waals surface area contributed by atoms with Crippen molar-refractivity contribution in [2.45, 2.75) is 20.8 Å². The monoisotopic (exact) mass is 477 g/mol. The second-order valence-corrected chi connectivity index (χ2v) is 9.89. The zero-order valence-corrected chi connectivity index (χ0v) is 19.5. The molecule has 0 unspecified atom stereocenters. The molecule has 0 fully saturated rings. The standard InChI is InChI=1S/C20H17Cl2N5OS2/c1-4-29-20-25-27-17(23)14(18(28)24-19(27)30-20)8-12-7-10(2)26(11(12)3)16-9-13(21)5-6-15(16)22/h5-9,23H,4H2,1-3H3/b14-8+,23-17?. The van der Waals surface area contributed by atoms with E-state index in [0.717, 1.165) is 32.8 Å². The van der Waals surface area contributed by atoms with E-state index in [1.807, 2.05) is 31.4 Å². The van der Waals surface area contributed by atoms with Crippen LogP contribution < -0.4 is 0 Å². The van der Waals surface area contributed by atoms with E-state index >= 15 is 0 Å². The van der Waals surface area contributed by atoms with Crippen LogP contribution in [0.4, 0.5) is 0 Å². The van der Waals surface area contributed by atoms with Gasteiger partial charge in [0.2, 0.25) is 5.17 Å². The lowest BCUT2D eigenvalue weighted by Gasteiger charge is -2.20. The second kappa shape index (κ2) is 8.26. The predicted molar refractivity (Wildman–Crippen MR) is 128 cm³/mol. The third-order valence-corrected chi connectivity index (χ3v) is 7.10. The number of hydrazone groups is 1. The number of carbonyl (C=O) groups excluding carboxylic acids is 1. The van der Waals surface area contributed by atoms with Crippen LogP contribution in [0.3, 0.4) is 0 Å². The minimum atomic E-state index is -0.442. The summed E-state index contributed by atoms with van der Waals surface area (Å²) in [6, 6.07) is 7.23. The number of amidine groups is 2. The minimum Gasteiger partial charge on any atom is -0.316 e. The summed E-state index contributed by atoms with van der Waals surface area (Å²) in [7, 11) is 0. The van der Waals surface area contributed by atoms with E-state index in [4.69, 9.17) is 28.6 Å². The molecule has 0 radical (unpaired) electrons. The number of aromatic nitrogens is 1. The van der Waals surface area contributed by atoms with Crippen molar-refractivity contribution in [3.05, 3.63) is 56.8 Å². The molecule has 4 rings (SSSR count). The normalized spacial score (nSPS) is 17.5. The molecule has 0 saturated heterocycles. The van der Waals surface area contributed by atoms with Crippen molar-refractivity contribution in [2.24, 2.45) is 10.1 Å². The lowest BCUT2D eigenvalue weighted by molar-refractivity contribution is -0.114. The molecule has 0 saturated carbocycles. The Morgan fingerprint density at radius 1 is 1.27 bits per heavy atom. The summed E-state index contributed by atoms with van der Waals surface area (Å²) >= 11 is 15.4. The molecule has 6 nitrogen and oxygen atoms in total. The number of rotatable bonds is 3. The van der Waals surface area contributed by atoms with Gasteiger partial charge in [0.05, 0.1) is 16.3 Å². The topological polar surface area (TPSA) is 73.8 Å². The third-order valence-electron chi connectivity index (χ3n) is 4.62. The van der Waals surface area contributed by atoms with Gasteiger partial charge in [-0.05, 0) is 67.3 Å². The summed E-state index contributed by atoms with van der Waals surface area (Å²) in [5.74, 6) is 0.437. The van der Waals surface area contributed by atoms with E-state index in [9.17, 15) is 4.79 Å². The van der Waals surface area contributed by atoms with E-state index in [1.165, 1.54) is 16.8 Å². The van der Waals surface area contributed by atoms with E-state index in [-0.39, 0.29) is 11.4 Å². The fourth-order valence-electron chi connectivity index (χ4n) is 3.27. The highest BCUT2D eigenvalue weighted by atomic mass is 35.5. The van der Waals surface area contributed by atoms with Gasteiger partial charge in [0.1, 0.15) is 0 Å². The molecule has 1 amide bonds. The molecule has 0 bridgehead atoms. The zero-order valence-electron chi connectivity index (χ0n) is 16.4. The van der Waals surface area contributed by atoms with Crippen molar-refractivity contribution < 1.29 is 4.79 Å². The molecule has 1 aromatic heterocycles. The van der Waals surface area contributed by atoms with Crippen LogP contribution in [0.5, 0.6) is 0 Å². The largest absolute Gasteiger partial charge is 0.316 e. The Balaban J connectivity index is 1.75. The first-order valence-corrected chi connectivity index (χ1v) is 11.6. The number of nitrogens with zero attached hydrogens (tertiary/aromatic N) is 4. The van der Waals surface area contributed by atoms with Crippen molar-refractivity contribution >= 4 is 74.1 Å². The molecular weight excluding hydrogens is 461 g/mol. The second-order valence-electron chi connectivity index (χ2n) is 6.58. The zero-order chi connectivity index (χ0) is 21.6. The third kappa shape index (κ3) is 3.73. The molecule has 2 aliphatic heterocycles. The number of aryl methyl sites for hydroxylation is 1. The van der Waals surface area contributed by atoms with Gasteiger partial charge in [0.25, 0.3) is 5.91 Å². The number of carbonyl (C=O) groups is 1. The van der Waals surface area contributed by atoms with Gasteiger partial charge in [-0.15, -0.1) is 5.10 Å². The first kappa shape index (κ1) is 21.2. The summed E-state index contributed by atoms with van der Waals surface area (Å²) in [5.41, 5.74) is 3.56. The Labute approximate surface area is 192 Å². The average Bonchev–Trinajstić information content (AvgIpc) is 3.21. The number of fused-ring (bicyclic) bond motifs is 1. The lowest BCUT2D eigenvalue weighted by Crippen LogP contribution is -2.35. The quantitative estimate of drug-likeness (QED) is 0.572. The van der Waals surface area contributed by atoms with Crippen molar-refractivity contribution in [3.63, 3.8) is 0 Å². The molecule has 2 aromatic rings. The van der Waals surface area contributed by atoms with Gasteiger partial charge in [-0.1, -0.05) is 41.9 Å². The van der Waals surface area contributed by atoms with E-state index in [1.54, 1.807) is 36.0 Å². The number of thioether (sulfide) groups is 2. The molecule has 3 heterocycles. The van der Waals surface area contributed by atoms with Gasteiger partial charge in [-0.2, -0.15) is 10.0 Å². The van der Waals surface area contributed by atoms with E-state index < -0.39 is 5.91 Å². The SMILES string of the molecule is CCSC1=NN2C(=N)/C(=C\c3cc(C)n(-c4cc(Cl)ccc4Cl)c3C)C(=O)N=C2S1. The maximum absolute atomic E-state index is 12.6. The highest BCUT2D eigenvalue weighted by Gasteiger charge is 2.35. The molecule has 30 heavy (non-hydrogen) atoms. The minimum absolute atomic E-state index is 0.0230. The lowest BCUT2D eigenvalue weighted by atomic mass is 10.1. The van der Waals surface area contributed by atoms with Gasteiger partial charge in [0.15, 0.2) is 10.2 Å². The molecule has 0 aliphatic carbocycles. The summed E-state index contributed by atoms with van der Waals surface area (Å²) in [4.78, 5) is 16.8. The van der Waals surface area contributed by atoms with Gasteiger partial charge in [-0.25, -0.2) is 0 Å². The number of hydrogen-bond donors (Lipinski definition) is 1. The molecule has 1 aromatic carbocycles. The van der Waals surface area contributed by atoms with Gasteiger partial charge < -0.3 is 4.57 Å². The highest BCUT2D eigenvalue weighted by molar-refractivity contribution is 8.45. The average molecular weight is 478 g/mol. The number of benzene rings is 1. The number of aliphatic imine (C=N–C) groups is 1. The fourth-order valence-corrected chi connectivity index (χ4v) is 5.47. The number of hydrogen-bond acceptors (Lipinski definition) is 5. The molecular formula is C20H17Cl2N5OS2. The summed E-state index contributed by atoms with van der Waals surface area (Å²) in [6.45, 7) is 5.91. The number of nitrogens with one attached hydrogen (secondary N) is 1. The Kier molecular flexibility index (Phi) is 5.85. The molecule has 2 aliphatic rings. The maximum Gasteiger partial charge on any atom is 0.283 e. The van der Waals surface area contributed by atoms with E-state index in [2.05, 4.69) is 10.1 Å². The first-order chi connectivity index (χ1) is 14.3. The Morgan fingerprint density at radius 2 is 2.03 bits per heavy atom. The molecule has 0 spiro atoms. The highest BCUT2D eigenvalue weighted by Crippen LogP contribution is 2.34. The Hall–Kier alpha value is -2.00. The van der Waals surface area contributed by atoms with Crippen molar-refractivity contribution in [3.8, 4) is 5.69 Å². The van der Waals surface area contributed by atoms with Crippen molar-refractivity contribution in [2.75, 3.05) is 5.75 Å². The first-order valence-electron chi connectivity index (χ1n) is 9.07. The molecule has 10 heteroatoms. The van der Waals surface area contributed by atoms with Crippen LogP contribution in [0.2, 0.25) is 10.0 Å².